The van der Waals surface area contributed by atoms with Gasteiger partial charge in [0.25, 0.3) is 0 Å². The Hall–Kier alpha value is -2.69. The van der Waals surface area contributed by atoms with Crippen molar-refractivity contribution >= 4 is 0 Å². The van der Waals surface area contributed by atoms with Crippen LogP contribution >= 0.6 is 0 Å². The predicted molar refractivity (Wildman–Crippen MR) is 78.9 cm³/mol. The van der Waals surface area contributed by atoms with E-state index in [1.807, 2.05) is 43.3 Å². The molecular weight excluding hydrogens is 266 g/mol. The highest BCUT2D eigenvalue weighted by Crippen LogP contribution is 2.29. The molecule has 3 rings (SSSR count). The Bertz CT molecular complexity index is 735. The van der Waals surface area contributed by atoms with E-state index in [9.17, 15) is 0 Å². The third kappa shape index (κ3) is 2.76. The predicted octanol–water partition coefficient (Wildman–Crippen LogP) is 3.51. The van der Waals surface area contributed by atoms with Crippen molar-refractivity contribution in [3.05, 3.63) is 48.5 Å². The summed E-state index contributed by atoms with van der Waals surface area (Å²) in [5.74, 6) is 1.72. The number of aromatic nitrogens is 3. The summed E-state index contributed by atoms with van der Waals surface area (Å²) >= 11 is 0. The first-order valence-corrected chi connectivity index (χ1v) is 6.76. The fraction of sp³-hybridized carbons (Fsp3) is 0.188. The van der Waals surface area contributed by atoms with Crippen molar-refractivity contribution < 1.29 is 9.15 Å². The van der Waals surface area contributed by atoms with E-state index in [1.54, 1.807) is 13.1 Å². The normalized spacial score (nSPS) is 10.6. The lowest BCUT2D eigenvalue weighted by Crippen LogP contribution is -1.96. The summed E-state index contributed by atoms with van der Waals surface area (Å²) in [6.07, 6.45) is 1.73. The molecule has 5 nitrogen and oxygen atoms in total. The topological polar surface area (TPSA) is 61.0 Å². The number of benzene rings is 1. The smallest absolute Gasteiger partial charge is 0.247 e. The van der Waals surface area contributed by atoms with Gasteiger partial charge in [-0.05, 0) is 36.8 Å². The fourth-order valence-electron chi connectivity index (χ4n) is 2.07. The van der Waals surface area contributed by atoms with Gasteiger partial charge in [-0.3, -0.25) is 0 Å². The molecule has 3 aromatic rings. The molecule has 5 heteroatoms. The van der Waals surface area contributed by atoms with Crippen molar-refractivity contribution in [2.45, 2.75) is 13.8 Å². The first-order valence-electron chi connectivity index (χ1n) is 6.76. The lowest BCUT2D eigenvalue weighted by Gasteiger charge is -2.08. The van der Waals surface area contributed by atoms with Crippen molar-refractivity contribution in [1.29, 1.82) is 0 Å². The highest BCUT2D eigenvalue weighted by Gasteiger charge is 2.09. The van der Waals surface area contributed by atoms with Gasteiger partial charge in [0.15, 0.2) is 0 Å². The fourth-order valence-corrected chi connectivity index (χ4v) is 2.07. The van der Waals surface area contributed by atoms with Gasteiger partial charge >= 0.3 is 0 Å². The molecule has 2 aromatic heterocycles. The van der Waals surface area contributed by atoms with Crippen molar-refractivity contribution in [3.8, 4) is 28.5 Å². The first kappa shape index (κ1) is 13.3. The third-order valence-electron chi connectivity index (χ3n) is 3.02. The highest BCUT2D eigenvalue weighted by molar-refractivity contribution is 5.70. The monoisotopic (exact) mass is 281 g/mol. The molecule has 0 aliphatic rings. The lowest BCUT2D eigenvalue weighted by molar-refractivity contribution is 0.328. The molecule has 0 bridgehead atoms. The van der Waals surface area contributed by atoms with Crippen LogP contribution in [-0.2, 0) is 0 Å². The molecule has 0 spiro atoms. The number of hydrogen-bond acceptors (Lipinski definition) is 5. The van der Waals surface area contributed by atoms with Gasteiger partial charge in [-0.2, -0.15) is 0 Å². The van der Waals surface area contributed by atoms with Crippen LogP contribution in [0.4, 0.5) is 0 Å². The van der Waals surface area contributed by atoms with Crippen LogP contribution in [0.1, 0.15) is 12.8 Å². The van der Waals surface area contributed by atoms with Crippen LogP contribution in [-0.4, -0.2) is 21.8 Å². The highest BCUT2D eigenvalue weighted by atomic mass is 16.5. The molecule has 0 unspecified atom stereocenters. The lowest BCUT2D eigenvalue weighted by atomic mass is 10.1. The number of aryl methyl sites for hydroxylation is 1. The number of hydrogen-bond donors (Lipinski definition) is 0. The van der Waals surface area contributed by atoms with E-state index in [1.165, 1.54) is 0 Å². The van der Waals surface area contributed by atoms with E-state index >= 15 is 0 Å². The van der Waals surface area contributed by atoms with Gasteiger partial charge in [-0.1, -0.05) is 12.1 Å². The van der Waals surface area contributed by atoms with E-state index in [4.69, 9.17) is 9.15 Å². The molecule has 1 aromatic carbocycles. The van der Waals surface area contributed by atoms with Crippen LogP contribution in [0, 0.1) is 6.92 Å². The Balaban J connectivity index is 1.94. The molecule has 0 saturated carbocycles. The standard InChI is InChI=1S/C16H15N3O2/c1-3-20-16-14(5-4-10-17-16)12-6-8-13(9-7-12)15-19-18-11(2)21-15/h4-10H,3H2,1-2H3. The summed E-state index contributed by atoms with van der Waals surface area (Å²) in [4.78, 5) is 4.27. The maximum atomic E-state index is 5.56. The Morgan fingerprint density at radius 2 is 1.81 bits per heavy atom. The largest absolute Gasteiger partial charge is 0.478 e. The second-order valence-electron chi connectivity index (χ2n) is 4.49. The molecule has 2 heterocycles. The SMILES string of the molecule is CCOc1ncccc1-c1ccc(-c2nnc(C)o2)cc1. The van der Waals surface area contributed by atoms with Crippen molar-refractivity contribution in [2.75, 3.05) is 6.61 Å². The molecule has 0 radical (unpaired) electrons. The molecular formula is C16H15N3O2. The zero-order chi connectivity index (χ0) is 14.7. The molecule has 21 heavy (non-hydrogen) atoms. The average Bonchev–Trinajstić information content (AvgIpc) is 2.95. The van der Waals surface area contributed by atoms with Crippen LogP contribution in [0.25, 0.3) is 22.6 Å². The maximum Gasteiger partial charge on any atom is 0.247 e. The van der Waals surface area contributed by atoms with Crippen LogP contribution in [0.5, 0.6) is 5.88 Å². The number of nitrogens with zero attached hydrogens (tertiary/aromatic N) is 3. The number of ether oxygens (including phenoxy) is 1. The summed E-state index contributed by atoms with van der Waals surface area (Å²) in [6, 6.07) is 11.8. The van der Waals surface area contributed by atoms with E-state index in [-0.39, 0.29) is 0 Å². The van der Waals surface area contributed by atoms with E-state index in [0.29, 0.717) is 24.3 Å². The maximum absolute atomic E-state index is 5.56. The van der Waals surface area contributed by atoms with Crippen molar-refractivity contribution in [2.24, 2.45) is 0 Å². The zero-order valence-corrected chi connectivity index (χ0v) is 11.9. The summed E-state index contributed by atoms with van der Waals surface area (Å²) in [7, 11) is 0. The molecule has 0 fully saturated rings. The summed E-state index contributed by atoms with van der Waals surface area (Å²) in [5.41, 5.74) is 2.89. The Kier molecular flexibility index (Phi) is 3.64. The van der Waals surface area contributed by atoms with E-state index < -0.39 is 0 Å². The molecule has 0 aliphatic carbocycles. The molecule has 106 valence electrons. The number of rotatable bonds is 4. The van der Waals surface area contributed by atoms with Crippen LogP contribution in [0.3, 0.4) is 0 Å². The van der Waals surface area contributed by atoms with Gasteiger partial charge in [0.2, 0.25) is 17.7 Å². The first-order chi connectivity index (χ1) is 10.3. The van der Waals surface area contributed by atoms with Crippen LogP contribution in [0.15, 0.2) is 47.0 Å². The minimum atomic E-state index is 0.523. The summed E-state index contributed by atoms with van der Waals surface area (Å²) < 4.78 is 11.0. The second kappa shape index (κ2) is 5.75. The van der Waals surface area contributed by atoms with Crippen LogP contribution < -0.4 is 4.74 Å². The molecule has 0 N–H and O–H groups in total. The van der Waals surface area contributed by atoms with Gasteiger partial charge in [-0.15, -0.1) is 10.2 Å². The van der Waals surface area contributed by atoms with E-state index in [0.717, 1.165) is 16.7 Å². The van der Waals surface area contributed by atoms with Gasteiger partial charge in [0.1, 0.15) is 0 Å². The van der Waals surface area contributed by atoms with Crippen LogP contribution in [0.2, 0.25) is 0 Å². The van der Waals surface area contributed by atoms with Gasteiger partial charge in [-0.25, -0.2) is 4.98 Å². The van der Waals surface area contributed by atoms with E-state index in [2.05, 4.69) is 15.2 Å². The molecule has 0 amide bonds. The Morgan fingerprint density at radius 3 is 2.48 bits per heavy atom. The van der Waals surface area contributed by atoms with Gasteiger partial charge < -0.3 is 9.15 Å². The zero-order valence-electron chi connectivity index (χ0n) is 11.9. The van der Waals surface area contributed by atoms with Crippen molar-refractivity contribution in [1.82, 2.24) is 15.2 Å². The number of pyridine rings is 1. The Morgan fingerprint density at radius 1 is 1.05 bits per heavy atom. The van der Waals surface area contributed by atoms with Gasteiger partial charge in [0.05, 0.1) is 6.61 Å². The molecule has 0 saturated heterocycles. The summed E-state index contributed by atoms with van der Waals surface area (Å²) in [5, 5.41) is 7.85. The second-order valence-corrected chi connectivity index (χ2v) is 4.49. The quantitative estimate of drug-likeness (QED) is 0.732. The third-order valence-corrected chi connectivity index (χ3v) is 3.02. The average molecular weight is 281 g/mol. The Labute approximate surface area is 122 Å². The van der Waals surface area contributed by atoms with Crippen molar-refractivity contribution in [3.63, 3.8) is 0 Å². The van der Waals surface area contributed by atoms with Gasteiger partial charge in [0, 0.05) is 24.2 Å². The minimum Gasteiger partial charge on any atom is -0.478 e. The minimum absolute atomic E-state index is 0.523. The molecule has 0 atom stereocenters. The summed E-state index contributed by atoms with van der Waals surface area (Å²) in [6.45, 7) is 4.30. The molecule has 0 aliphatic heterocycles.